The molecule has 1 nitrogen and oxygen atoms in total. The summed E-state index contributed by atoms with van der Waals surface area (Å²) in [5, 5.41) is 0. The molecule has 0 N–H and O–H groups in total. The smallest absolute Gasteiger partial charge is 0.133 e. The molecule has 1 heteroatoms. The van der Waals surface area contributed by atoms with Crippen molar-refractivity contribution in [2.75, 3.05) is 0 Å². The van der Waals surface area contributed by atoms with Gasteiger partial charge >= 0.3 is 0 Å². The van der Waals surface area contributed by atoms with Crippen molar-refractivity contribution in [1.29, 1.82) is 0 Å². The average Bonchev–Trinajstić information content (AvgIpc) is 2.61. The van der Waals surface area contributed by atoms with Crippen LogP contribution in [-0.2, 0) is 4.79 Å². The minimum Gasteiger partial charge on any atom is -0.300 e. The monoisotopic (exact) mass is 330 g/mol. The van der Waals surface area contributed by atoms with Crippen LogP contribution in [0.5, 0.6) is 0 Å². The molecular formula is C23H38O. The molecule has 0 aromatic heterocycles. The summed E-state index contributed by atoms with van der Waals surface area (Å²) >= 11 is 0. The van der Waals surface area contributed by atoms with Crippen molar-refractivity contribution in [1.82, 2.24) is 0 Å². The maximum Gasteiger partial charge on any atom is 0.133 e. The van der Waals surface area contributed by atoms with E-state index >= 15 is 0 Å². The Labute approximate surface area is 149 Å². The van der Waals surface area contributed by atoms with Gasteiger partial charge in [-0.25, -0.2) is 0 Å². The second-order valence-corrected chi connectivity index (χ2v) is 9.94. The van der Waals surface area contributed by atoms with Crippen LogP contribution in [0.3, 0.4) is 0 Å². The molecule has 0 aromatic rings. The summed E-state index contributed by atoms with van der Waals surface area (Å²) in [7, 11) is 0. The molecule has 4 aliphatic carbocycles. The zero-order chi connectivity index (χ0) is 16.5. The van der Waals surface area contributed by atoms with Crippen molar-refractivity contribution in [3.8, 4) is 0 Å². The fraction of sp³-hybridized carbons (Fsp3) is 0.957. The Morgan fingerprint density at radius 3 is 1.92 bits per heavy atom. The summed E-state index contributed by atoms with van der Waals surface area (Å²) < 4.78 is 0. The Balaban J connectivity index is 1.30. The number of fused-ring (bicyclic) bond motifs is 2. The summed E-state index contributed by atoms with van der Waals surface area (Å²) in [5.74, 6) is 7.48. The highest BCUT2D eigenvalue weighted by Crippen LogP contribution is 2.51. The van der Waals surface area contributed by atoms with Gasteiger partial charge in [0.15, 0.2) is 0 Å². The van der Waals surface area contributed by atoms with Gasteiger partial charge in [-0.15, -0.1) is 0 Å². The van der Waals surface area contributed by atoms with Gasteiger partial charge in [0, 0.05) is 12.8 Å². The number of carbonyl (C=O) groups is 1. The van der Waals surface area contributed by atoms with Crippen molar-refractivity contribution in [2.45, 2.75) is 96.8 Å². The van der Waals surface area contributed by atoms with E-state index < -0.39 is 0 Å². The molecule has 7 atom stereocenters. The fourth-order valence-electron chi connectivity index (χ4n) is 7.28. The molecule has 0 spiro atoms. The molecule has 0 heterocycles. The van der Waals surface area contributed by atoms with Gasteiger partial charge in [0.2, 0.25) is 0 Å². The highest BCUT2D eigenvalue weighted by Gasteiger charge is 2.41. The summed E-state index contributed by atoms with van der Waals surface area (Å²) in [5.41, 5.74) is 0. The van der Waals surface area contributed by atoms with Crippen LogP contribution < -0.4 is 0 Å². The SMILES string of the molecule is CCC[C@H]1CC[C@@H]2CC(C3CC[C@@H]4CC(=O)CC[C@H]4C3)CC[C@H]2C1. The van der Waals surface area contributed by atoms with E-state index in [9.17, 15) is 4.79 Å². The Bertz CT molecular complexity index is 441. The van der Waals surface area contributed by atoms with Crippen LogP contribution in [-0.4, -0.2) is 5.78 Å². The lowest BCUT2D eigenvalue weighted by Gasteiger charge is -2.47. The predicted molar refractivity (Wildman–Crippen MR) is 99.7 cm³/mol. The second-order valence-electron chi connectivity index (χ2n) is 9.94. The normalized spacial score (nSPS) is 46.2. The molecule has 0 radical (unpaired) electrons. The summed E-state index contributed by atoms with van der Waals surface area (Å²) in [6.07, 6.45) is 19.4. The van der Waals surface area contributed by atoms with E-state index in [-0.39, 0.29) is 0 Å². The number of hydrogen-bond donors (Lipinski definition) is 0. The zero-order valence-corrected chi connectivity index (χ0v) is 15.8. The summed E-state index contributed by atoms with van der Waals surface area (Å²) in [6.45, 7) is 2.36. The molecule has 0 saturated heterocycles. The molecule has 24 heavy (non-hydrogen) atoms. The minimum atomic E-state index is 0.555. The van der Waals surface area contributed by atoms with Gasteiger partial charge in [0.1, 0.15) is 5.78 Å². The summed E-state index contributed by atoms with van der Waals surface area (Å²) in [6, 6.07) is 0. The van der Waals surface area contributed by atoms with Gasteiger partial charge in [0.25, 0.3) is 0 Å². The maximum absolute atomic E-state index is 11.7. The first-order chi connectivity index (χ1) is 11.7. The van der Waals surface area contributed by atoms with Crippen LogP contribution in [0, 0.1) is 41.4 Å². The van der Waals surface area contributed by atoms with E-state index in [0.29, 0.717) is 5.78 Å². The van der Waals surface area contributed by atoms with E-state index in [1.807, 2.05) is 0 Å². The van der Waals surface area contributed by atoms with E-state index in [2.05, 4.69) is 6.92 Å². The number of hydrogen-bond acceptors (Lipinski definition) is 1. The first kappa shape index (κ1) is 17.1. The van der Waals surface area contributed by atoms with Crippen molar-refractivity contribution in [2.24, 2.45) is 41.4 Å². The molecule has 0 aliphatic heterocycles. The Hall–Kier alpha value is -0.330. The van der Waals surface area contributed by atoms with Crippen molar-refractivity contribution < 1.29 is 4.79 Å². The van der Waals surface area contributed by atoms with E-state index in [4.69, 9.17) is 0 Å². The van der Waals surface area contributed by atoms with Crippen molar-refractivity contribution in [3.05, 3.63) is 0 Å². The molecule has 136 valence electrons. The Morgan fingerprint density at radius 1 is 0.708 bits per heavy atom. The van der Waals surface area contributed by atoms with Crippen LogP contribution in [0.4, 0.5) is 0 Å². The molecule has 2 unspecified atom stereocenters. The van der Waals surface area contributed by atoms with E-state index in [0.717, 1.165) is 54.3 Å². The number of carbonyl (C=O) groups excluding carboxylic acids is 1. The molecule has 4 saturated carbocycles. The molecule has 4 rings (SSSR count). The summed E-state index contributed by atoms with van der Waals surface area (Å²) in [4.78, 5) is 11.7. The fourth-order valence-corrected chi connectivity index (χ4v) is 7.28. The van der Waals surface area contributed by atoms with Gasteiger partial charge in [-0.1, -0.05) is 26.2 Å². The highest BCUT2D eigenvalue weighted by atomic mass is 16.1. The van der Waals surface area contributed by atoms with Crippen molar-refractivity contribution in [3.63, 3.8) is 0 Å². The van der Waals surface area contributed by atoms with Gasteiger partial charge in [-0.2, -0.15) is 0 Å². The lowest BCUT2D eigenvalue weighted by Crippen LogP contribution is -2.37. The Morgan fingerprint density at radius 2 is 1.25 bits per heavy atom. The topological polar surface area (TPSA) is 17.1 Å². The van der Waals surface area contributed by atoms with Crippen LogP contribution in [0.15, 0.2) is 0 Å². The third-order valence-corrected chi connectivity index (χ3v) is 8.59. The minimum absolute atomic E-state index is 0.555. The number of ketones is 1. The molecule has 0 amide bonds. The lowest BCUT2D eigenvalue weighted by atomic mass is 9.58. The molecule has 4 fully saturated rings. The first-order valence-corrected chi connectivity index (χ1v) is 11.2. The quantitative estimate of drug-likeness (QED) is 0.584. The first-order valence-electron chi connectivity index (χ1n) is 11.2. The standard InChI is InChI=1S/C23H38O/c1-2-3-16-4-5-18-13-19(7-6-17(18)12-16)20-8-9-22-15-23(24)11-10-21(22)14-20/h16-22H,2-15H2,1H3/t16-,17-,18+,19?,20?,21-,22+/m0/s1. The Kier molecular flexibility index (Phi) is 5.35. The maximum atomic E-state index is 11.7. The highest BCUT2D eigenvalue weighted by molar-refractivity contribution is 5.79. The molecular weight excluding hydrogens is 292 g/mol. The second kappa shape index (κ2) is 7.50. The number of rotatable bonds is 3. The zero-order valence-electron chi connectivity index (χ0n) is 15.8. The van der Waals surface area contributed by atoms with Crippen LogP contribution in [0.1, 0.15) is 96.8 Å². The largest absolute Gasteiger partial charge is 0.300 e. The third kappa shape index (κ3) is 3.61. The van der Waals surface area contributed by atoms with Gasteiger partial charge in [-0.3, -0.25) is 4.79 Å². The number of Topliss-reactive ketones (excluding diaryl/α,β-unsaturated/α-hetero) is 1. The van der Waals surface area contributed by atoms with Gasteiger partial charge in [0.05, 0.1) is 0 Å². The van der Waals surface area contributed by atoms with Crippen molar-refractivity contribution >= 4 is 5.78 Å². The van der Waals surface area contributed by atoms with E-state index in [1.165, 1.54) is 51.4 Å². The molecule has 0 bridgehead atoms. The van der Waals surface area contributed by atoms with Crippen LogP contribution in [0.25, 0.3) is 0 Å². The predicted octanol–water partition coefficient (Wildman–Crippen LogP) is 6.40. The average molecular weight is 331 g/mol. The van der Waals surface area contributed by atoms with Gasteiger partial charge in [-0.05, 0) is 99.2 Å². The molecule has 0 aromatic carbocycles. The third-order valence-electron chi connectivity index (χ3n) is 8.59. The lowest BCUT2D eigenvalue weighted by molar-refractivity contribution is -0.123. The van der Waals surface area contributed by atoms with Gasteiger partial charge < -0.3 is 0 Å². The molecule has 4 aliphatic rings. The van der Waals surface area contributed by atoms with Crippen LogP contribution >= 0.6 is 0 Å². The van der Waals surface area contributed by atoms with E-state index in [1.54, 1.807) is 25.7 Å². The van der Waals surface area contributed by atoms with Crippen LogP contribution in [0.2, 0.25) is 0 Å².